The van der Waals surface area contributed by atoms with Crippen molar-refractivity contribution >= 4 is 5.82 Å². The Labute approximate surface area is 93.1 Å². The van der Waals surface area contributed by atoms with Gasteiger partial charge in [-0.05, 0) is 0 Å². The van der Waals surface area contributed by atoms with E-state index in [9.17, 15) is 0 Å². The van der Waals surface area contributed by atoms with Gasteiger partial charge in [0.1, 0.15) is 11.6 Å². The van der Waals surface area contributed by atoms with Crippen LogP contribution in [0.2, 0.25) is 0 Å². The molecular formula is C10H13N5O. The molecule has 0 radical (unpaired) electrons. The minimum absolute atomic E-state index is 0.408. The summed E-state index contributed by atoms with van der Waals surface area (Å²) in [5.41, 5.74) is 5.64. The lowest BCUT2D eigenvalue weighted by atomic mass is 10.4. The van der Waals surface area contributed by atoms with Crippen LogP contribution in [0, 0.1) is 0 Å². The van der Waals surface area contributed by atoms with Crippen LogP contribution in [0.25, 0.3) is 0 Å². The van der Waals surface area contributed by atoms with Crippen molar-refractivity contribution in [1.82, 2.24) is 19.7 Å². The molecule has 2 aromatic rings. The number of rotatable bonds is 3. The predicted octanol–water partition coefficient (Wildman–Crippen LogP) is 1.15. The van der Waals surface area contributed by atoms with Crippen molar-refractivity contribution in [2.75, 3.05) is 5.73 Å². The molecule has 2 N–H and O–H groups in total. The van der Waals surface area contributed by atoms with Gasteiger partial charge >= 0.3 is 0 Å². The van der Waals surface area contributed by atoms with E-state index in [1.165, 1.54) is 0 Å². The van der Waals surface area contributed by atoms with E-state index in [1.54, 1.807) is 23.1 Å². The molecule has 16 heavy (non-hydrogen) atoms. The van der Waals surface area contributed by atoms with Crippen LogP contribution in [-0.4, -0.2) is 19.7 Å². The molecular weight excluding hydrogens is 206 g/mol. The first-order valence-corrected chi connectivity index (χ1v) is 4.97. The summed E-state index contributed by atoms with van der Waals surface area (Å²) in [7, 11) is 1.82. The lowest BCUT2D eigenvalue weighted by molar-refractivity contribution is 0.459. The summed E-state index contributed by atoms with van der Waals surface area (Å²) in [6.07, 6.45) is 4.09. The standard InChI is InChI=1S/C10H13N5O/c1-3-9-13-8(11)4-10(14-9)16-7-5-12-15(2)6-7/h4-6H,3H2,1-2H3,(H2,11,13,14). The summed E-state index contributed by atoms with van der Waals surface area (Å²) in [6.45, 7) is 1.96. The van der Waals surface area contributed by atoms with Gasteiger partial charge < -0.3 is 10.5 Å². The van der Waals surface area contributed by atoms with E-state index in [1.807, 2.05) is 14.0 Å². The molecule has 0 saturated heterocycles. The van der Waals surface area contributed by atoms with Gasteiger partial charge in [0.25, 0.3) is 0 Å². The van der Waals surface area contributed by atoms with Crippen molar-refractivity contribution in [3.63, 3.8) is 0 Å². The number of nitrogens with zero attached hydrogens (tertiary/aromatic N) is 4. The second-order valence-electron chi connectivity index (χ2n) is 3.35. The molecule has 6 heteroatoms. The maximum absolute atomic E-state index is 5.64. The van der Waals surface area contributed by atoms with E-state index in [-0.39, 0.29) is 0 Å². The van der Waals surface area contributed by atoms with Crippen LogP contribution in [0.3, 0.4) is 0 Å². The molecule has 0 bridgehead atoms. The maximum atomic E-state index is 5.64. The Hall–Kier alpha value is -2.11. The fourth-order valence-electron chi connectivity index (χ4n) is 1.27. The zero-order chi connectivity index (χ0) is 11.5. The molecule has 2 heterocycles. The topological polar surface area (TPSA) is 78.9 Å². The summed E-state index contributed by atoms with van der Waals surface area (Å²) in [5, 5.41) is 3.99. The lowest BCUT2D eigenvalue weighted by Gasteiger charge is -2.04. The first kappa shape index (κ1) is 10.4. The summed E-state index contributed by atoms with van der Waals surface area (Å²) < 4.78 is 7.16. The van der Waals surface area contributed by atoms with E-state index in [4.69, 9.17) is 10.5 Å². The molecule has 84 valence electrons. The molecule has 0 saturated carbocycles. The van der Waals surface area contributed by atoms with Crippen LogP contribution in [0.4, 0.5) is 5.82 Å². The monoisotopic (exact) mass is 219 g/mol. The Kier molecular flexibility index (Phi) is 2.72. The minimum atomic E-state index is 0.408. The van der Waals surface area contributed by atoms with Crippen LogP contribution in [0.15, 0.2) is 18.5 Å². The molecule has 0 aliphatic rings. The van der Waals surface area contributed by atoms with Gasteiger partial charge in [-0.25, -0.2) is 4.98 Å². The molecule has 0 aliphatic carbocycles. The number of ether oxygens (including phenoxy) is 1. The Morgan fingerprint density at radius 3 is 2.88 bits per heavy atom. The highest BCUT2D eigenvalue weighted by atomic mass is 16.5. The van der Waals surface area contributed by atoms with Gasteiger partial charge in [0.05, 0.1) is 12.4 Å². The maximum Gasteiger partial charge on any atom is 0.224 e. The van der Waals surface area contributed by atoms with Crippen molar-refractivity contribution in [3.05, 3.63) is 24.3 Å². The van der Waals surface area contributed by atoms with E-state index in [0.29, 0.717) is 29.7 Å². The van der Waals surface area contributed by atoms with Gasteiger partial charge in [-0.1, -0.05) is 6.92 Å². The highest BCUT2D eigenvalue weighted by molar-refractivity contribution is 5.34. The number of hydrogen-bond donors (Lipinski definition) is 1. The van der Waals surface area contributed by atoms with Crippen LogP contribution in [0.5, 0.6) is 11.6 Å². The molecule has 0 unspecified atom stereocenters. The quantitative estimate of drug-likeness (QED) is 0.837. The van der Waals surface area contributed by atoms with E-state index in [2.05, 4.69) is 15.1 Å². The average Bonchev–Trinajstić information content (AvgIpc) is 2.63. The zero-order valence-corrected chi connectivity index (χ0v) is 9.21. The largest absolute Gasteiger partial charge is 0.436 e. The number of anilines is 1. The molecule has 0 aromatic carbocycles. The van der Waals surface area contributed by atoms with Gasteiger partial charge in [0.15, 0.2) is 5.75 Å². The number of hydrogen-bond acceptors (Lipinski definition) is 5. The molecule has 2 rings (SSSR count). The predicted molar refractivity (Wildman–Crippen MR) is 59.1 cm³/mol. The van der Waals surface area contributed by atoms with E-state index in [0.717, 1.165) is 0 Å². The van der Waals surface area contributed by atoms with E-state index >= 15 is 0 Å². The fourth-order valence-corrected chi connectivity index (χ4v) is 1.27. The fraction of sp³-hybridized carbons (Fsp3) is 0.300. The molecule has 0 spiro atoms. The second kappa shape index (κ2) is 4.18. The van der Waals surface area contributed by atoms with Crippen LogP contribution < -0.4 is 10.5 Å². The lowest BCUT2D eigenvalue weighted by Crippen LogP contribution is -2.00. The number of aromatic nitrogens is 4. The normalized spacial score (nSPS) is 10.4. The second-order valence-corrected chi connectivity index (χ2v) is 3.35. The number of aryl methyl sites for hydroxylation is 2. The summed E-state index contributed by atoms with van der Waals surface area (Å²) in [5.74, 6) is 2.14. The Balaban J connectivity index is 2.24. The highest BCUT2D eigenvalue weighted by Gasteiger charge is 2.04. The third kappa shape index (κ3) is 2.28. The summed E-state index contributed by atoms with van der Waals surface area (Å²) >= 11 is 0. The smallest absolute Gasteiger partial charge is 0.224 e. The SMILES string of the molecule is CCc1nc(N)cc(Oc2cnn(C)c2)n1. The number of nitrogen functional groups attached to an aromatic ring is 1. The highest BCUT2D eigenvalue weighted by Crippen LogP contribution is 2.19. The van der Waals surface area contributed by atoms with Crippen LogP contribution in [0.1, 0.15) is 12.7 Å². The van der Waals surface area contributed by atoms with Crippen molar-refractivity contribution < 1.29 is 4.74 Å². The third-order valence-corrected chi connectivity index (χ3v) is 1.99. The van der Waals surface area contributed by atoms with Crippen molar-refractivity contribution in [2.45, 2.75) is 13.3 Å². The van der Waals surface area contributed by atoms with Crippen molar-refractivity contribution in [1.29, 1.82) is 0 Å². The molecule has 0 aliphatic heterocycles. The number of nitrogens with two attached hydrogens (primary N) is 1. The van der Waals surface area contributed by atoms with Gasteiger partial charge in [0, 0.05) is 19.5 Å². The first-order chi connectivity index (χ1) is 7.67. The van der Waals surface area contributed by atoms with E-state index < -0.39 is 0 Å². The zero-order valence-electron chi connectivity index (χ0n) is 9.21. The van der Waals surface area contributed by atoms with Gasteiger partial charge in [-0.15, -0.1) is 0 Å². The molecule has 6 nitrogen and oxygen atoms in total. The molecule has 0 fully saturated rings. The molecule has 2 aromatic heterocycles. The van der Waals surface area contributed by atoms with Gasteiger partial charge in [0.2, 0.25) is 5.88 Å². The van der Waals surface area contributed by atoms with Crippen LogP contribution >= 0.6 is 0 Å². The Morgan fingerprint density at radius 1 is 1.44 bits per heavy atom. The minimum Gasteiger partial charge on any atom is -0.436 e. The Morgan fingerprint density at radius 2 is 2.25 bits per heavy atom. The average molecular weight is 219 g/mol. The first-order valence-electron chi connectivity index (χ1n) is 4.97. The summed E-state index contributed by atoms with van der Waals surface area (Å²) in [6, 6.07) is 1.59. The van der Waals surface area contributed by atoms with Crippen molar-refractivity contribution in [2.24, 2.45) is 7.05 Å². The van der Waals surface area contributed by atoms with Crippen molar-refractivity contribution in [3.8, 4) is 11.6 Å². The Bertz CT molecular complexity index is 494. The molecule has 0 atom stereocenters. The third-order valence-electron chi connectivity index (χ3n) is 1.99. The summed E-state index contributed by atoms with van der Waals surface area (Å²) in [4.78, 5) is 8.27. The van der Waals surface area contributed by atoms with Gasteiger partial charge in [-0.2, -0.15) is 10.1 Å². The molecule has 0 amide bonds. The van der Waals surface area contributed by atoms with Crippen LogP contribution in [-0.2, 0) is 13.5 Å². The van der Waals surface area contributed by atoms with Gasteiger partial charge in [-0.3, -0.25) is 4.68 Å².